The zero-order valence-corrected chi connectivity index (χ0v) is 5.96. The predicted octanol–water partition coefficient (Wildman–Crippen LogP) is 2.14. The first-order valence-electron chi connectivity index (χ1n) is 2.58. The van der Waals surface area contributed by atoms with Gasteiger partial charge >= 0.3 is 6.18 Å². The lowest BCUT2D eigenvalue weighted by atomic mass is 10.2. The van der Waals surface area contributed by atoms with Gasteiger partial charge in [0, 0.05) is 11.8 Å². The highest BCUT2D eigenvalue weighted by Gasteiger charge is 2.38. The Morgan fingerprint density at radius 3 is 2.10 bits per heavy atom. The first-order chi connectivity index (χ1) is 4.34. The molecule has 5 heteroatoms. The lowest BCUT2D eigenvalue weighted by molar-refractivity contribution is -0.170. The summed E-state index contributed by atoms with van der Waals surface area (Å²) in [5.41, 5.74) is 0. The Morgan fingerprint density at radius 2 is 2.00 bits per heavy atom. The van der Waals surface area contributed by atoms with Gasteiger partial charge in [-0.25, -0.2) is 0 Å². The molecule has 0 radical (unpaired) electrons. The number of Topliss-reactive ketones (excluding diaryl/α,β-unsaturated/α-hetero) is 1. The van der Waals surface area contributed by atoms with Gasteiger partial charge < -0.3 is 0 Å². The van der Waals surface area contributed by atoms with E-state index < -0.39 is 23.8 Å². The molecule has 0 aliphatic rings. The van der Waals surface area contributed by atoms with Crippen LogP contribution >= 0.6 is 11.6 Å². The molecule has 0 bridgehead atoms. The molecule has 0 amide bonds. The zero-order chi connectivity index (χ0) is 8.36. The molecule has 0 aliphatic heterocycles. The van der Waals surface area contributed by atoms with Gasteiger partial charge in [-0.1, -0.05) is 0 Å². The summed E-state index contributed by atoms with van der Waals surface area (Å²) >= 11 is 5.16. The van der Waals surface area contributed by atoms with Crippen molar-refractivity contribution in [2.45, 2.75) is 24.9 Å². The third kappa shape index (κ3) is 3.71. The van der Waals surface area contributed by atoms with Crippen LogP contribution in [0.1, 0.15) is 13.3 Å². The van der Waals surface area contributed by atoms with Crippen LogP contribution in [0.15, 0.2) is 0 Å². The summed E-state index contributed by atoms with van der Waals surface area (Å²) in [5.74, 6) is -1.77. The number of hydrogen-bond acceptors (Lipinski definition) is 1. The monoisotopic (exact) mass is 174 g/mol. The van der Waals surface area contributed by atoms with Gasteiger partial charge in [0.1, 0.15) is 0 Å². The van der Waals surface area contributed by atoms with Crippen LogP contribution in [0.5, 0.6) is 0 Å². The Morgan fingerprint density at radius 1 is 1.60 bits per heavy atom. The first-order valence-corrected chi connectivity index (χ1v) is 3.01. The van der Waals surface area contributed by atoms with Gasteiger partial charge in [0.25, 0.3) is 0 Å². The molecule has 0 aromatic rings. The van der Waals surface area contributed by atoms with E-state index in [1.165, 1.54) is 6.92 Å². The minimum atomic E-state index is -4.73. The number of alkyl halides is 4. The molecule has 0 saturated heterocycles. The number of carbonyl (C=O) groups excluding carboxylic acids is 1. The maximum Gasteiger partial charge on any atom is 0.450 e. The van der Waals surface area contributed by atoms with E-state index in [9.17, 15) is 18.0 Å². The van der Waals surface area contributed by atoms with Gasteiger partial charge in [0.2, 0.25) is 5.78 Å². The van der Waals surface area contributed by atoms with Crippen LogP contribution in [0.25, 0.3) is 0 Å². The van der Waals surface area contributed by atoms with Crippen molar-refractivity contribution in [2.75, 3.05) is 0 Å². The minimum Gasteiger partial charge on any atom is -0.290 e. The molecule has 1 unspecified atom stereocenters. The summed E-state index contributed by atoms with van der Waals surface area (Å²) in [7, 11) is 0. The number of halogens is 4. The molecular formula is C5H6ClF3O. The van der Waals surface area contributed by atoms with Crippen LogP contribution in [0, 0.1) is 0 Å². The largest absolute Gasteiger partial charge is 0.450 e. The van der Waals surface area contributed by atoms with Crippen molar-refractivity contribution in [2.24, 2.45) is 0 Å². The number of carbonyl (C=O) groups is 1. The summed E-state index contributed by atoms with van der Waals surface area (Å²) in [5, 5.41) is -0.755. The molecule has 0 heterocycles. The summed E-state index contributed by atoms with van der Waals surface area (Å²) in [6.45, 7) is 1.34. The van der Waals surface area contributed by atoms with Crippen LogP contribution in [-0.2, 0) is 4.79 Å². The molecule has 0 spiro atoms. The predicted molar refractivity (Wildman–Crippen MR) is 31.0 cm³/mol. The van der Waals surface area contributed by atoms with E-state index in [2.05, 4.69) is 0 Å². The Bertz CT molecular complexity index is 129. The maximum atomic E-state index is 11.4. The molecule has 0 saturated carbocycles. The average molecular weight is 175 g/mol. The van der Waals surface area contributed by atoms with Gasteiger partial charge in [0.05, 0.1) is 0 Å². The summed E-state index contributed by atoms with van der Waals surface area (Å²) < 4.78 is 34.2. The van der Waals surface area contributed by atoms with Crippen molar-refractivity contribution < 1.29 is 18.0 Å². The highest BCUT2D eigenvalue weighted by Crippen LogP contribution is 2.19. The lowest BCUT2D eigenvalue weighted by Crippen LogP contribution is -2.24. The van der Waals surface area contributed by atoms with Crippen LogP contribution in [0.4, 0.5) is 13.2 Å². The Hall–Kier alpha value is -0.250. The minimum absolute atomic E-state index is 0.648. The highest BCUT2D eigenvalue weighted by atomic mass is 35.5. The molecule has 1 nitrogen and oxygen atoms in total. The number of ketones is 1. The van der Waals surface area contributed by atoms with Crippen LogP contribution in [-0.4, -0.2) is 17.3 Å². The molecule has 0 aliphatic carbocycles. The smallest absolute Gasteiger partial charge is 0.290 e. The van der Waals surface area contributed by atoms with Gasteiger partial charge in [-0.15, -0.1) is 11.6 Å². The molecule has 0 rings (SSSR count). The van der Waals surface area contributed by atoms with E-state index in [1.807, 2.05) is 0 Å². The van der Waals surface area contributed by atoms with Gasteiger partial charge in [-0.2, -0.15) is 13.2 Å². The van der Waals surface area contributed by atoms with E-state index in [0.717, 1.165) is 0 Å². The Labute approximate surface area is 61.2 Å². The summed E-state index contributed by atoms with van der Waals surface area (Å²) in [6.07, 6.45) is -5.38. The van der Waals surface area contributed by atoms with Gasteiger partial charge in [-0.3, -0.25) is 4.79 Å². The summed E-state index contributed by atoms with van der Waals surface area (Å²) in [4.78, 5) is 10.1. The van der Waals surface area contributed by atoms with E-state index in [4.69, 9.17) is 11.6 Å². The first kappa shape index (κ1) is 9.75. The quantitative estimate of drug-likeness (QED) is 0.586. The van der Waals surface area contributed by atoms with Crippen LogP contribution in [0.3, 0.4) is 0 Å². The van der Waals surface area contributed by atoms with Crippen molar-refractivity contribution in [3.05, 3.63) is 0 Å². The molecule has 60 valence electrons. The van der Waals surface area contributed by atoms with Crippen LogP contribution < -0.4 is 0 Å². The van der Waals surface area contributed by atoms with E-state index in [1.54, 1.807) is 0 Å². The fourth-order valence-corrected chi connectivity index (χ4v) is 0.511. The standard InChI is InChI=1S/C5H6ClF3O/c1-3(6)2-4(10)5(7,8)9/h3H,2H2,1H3. The van der Waals surface area contributed by atoms with E-state index >= 15 is 0 Å². The van der Waals surface area contributed by atoms with E-state index in [-0.39, 0.29) is 0 Å². The second kappa shape index (κ2) is 3.23. The Kier molecular flexibility index (Phi) is 3.15. The molecular weight excluding hydrogens is 169 g/mol. The molecule has 0 N–H and O–H groups in total. The Balaban J connectivity index is 3.87. The van der Waals surface area contributed by atoms with Crippen molar-refractivity contribution in [1.29, 1.82) is 0 Å². The third-order valence-corrected chi connectivity index (χ3v) is 0.937. The van der Waals surface area contributed by atoms with E-state index in [0.29, 0.717) is 0 Å². The fourth-order valence-electron chi connectivity index (χ4n) is 0.371. The topological polar surface area (TPSA) is 17.1 Å². The second-order valence-corrected chi connectivity index (χ2v) is 2.65. The maximum absolute atomic E-state index is 11.4. The lowest BCUT2D eigenvalue weighted by Gasteiger charge is -2.04. The summed E-state index contributed by atoms with van der Waals surface area (Å²) in [6, 6.07) is 0. The van der Waals surface area contributed by atoms with Gasteiger partial charge in [-0.05, 0) is 6.92 Å². The van der Waals surface area contributed by atoms with Crippen molar-refractivity contribution >= 4 is 17.4 Å². The van der Waals surface area contributed by atoms with Crippen LogP contribution in [0.2, 0.25) is 0 Å². The number of hydrogen-bond donors (Lipinski definition) is 0. The molecule has 1 atom stereocenters. The average Bonchev–Trinajstić information content (AvgIpc) is 1.60. The fraction of sp³-hybridized carbons (Fsp3) is 0.800. The zero-order valence-electron chi connectivity index (χ0n) is 5.20. The second-order valence-electron chi connectivity index (χ2n) is 1.91. The molecule has 0 fully saturated rings. The molecule has 0 aromatic carbocycles. The third-order valence-electron chi connectivity index (χ3n) is 0.783. The normalized spacial score (nSPS) is 14.9. The van der Waals surface area contributed by atoms with Gasteiger partial charge in [0.15, 0.2) is 0 Å². The molecule has 0 aromatic heterocycles. The SMILES string of the molecule is CC(Cl)CC(=O)C(F)(F)F. The van der Waals surface area contributed by atoms with Crippen molar-refractivity contribution in [1.82, 2.24) is 0 Å². The highest BCUT2D eigenvalue weighted by molar-refractivity contribution is 6.21. The van der Waals surface area contributed by atoms with Crippen molar-refractivity contribution in [3.63, 3.8) is 0 Å². The number of rotatable bonds is 2. The van der Waals surface area contributed by atoms with Crippen molar-refractivity contribution in [3.8, 4) is 0 Å². The molecule has 10 heavy (non-hydrogen) atoms.